The van der Waals surface area contributed by atoms with Crippen molar-refractivity contribution >= 4 is 21.7 Å². The van der Waals surface area contributed by atoms with Crippen LogP contribution >= 0.6 is 0 Å². The Kier molecular flexibility index (Phi) is 4.17. The zero-order valence-electron chi connectivity index (χ0n) is 16.6. The van der Waals surface area contributed by atoms with Crippen LogP contribution in [-0.4, -0.2) is 25.0 Å². The van der Waals surface area contributed by atoms with E-state index in [0.717, 1.165) is 22.2 Å². The lowest BCUT2D eigenvalue weighted by Gasteiger charge is -2.16. The van der Waals surface area contributed by atoms with E-state index in [-0.39, 0.29) is 23.9 Å². The Morgan fingerprint density at radius 2 is 1.97 bits per heavy atom. The van der Waals surface area contributed by atoms with Crippen molar-refractivity contribution in [1.29, 1.82) is 0 Å². The number of aryl methyl sites for hydroxylation is 1. The van der Waals surface area contributed by atoms with Crippen molar-refractivity contribution < 1.29 is 9.63 Å². The predicted molar refractivity (Wildman–Crippen MR) is 114 cm³/mol. The second-order valence-corrected chi connectivity index (χ2v) is 7.51. The van der Waals surface area contributed by atoms with Crippen LogP contribution in [0.1, 0.15) is 35.4 Å². The molecule has 1 atom stereocenters. The van der Waals surface area contributed by atoms with Gasteiger partial charge in [0.15, 0.2) is 5.76 Å². The summed E-state index contributed by atoms with van der Waals surface area (Å²) in [5.74, 6) is 0.0837. The summed E-state index contributed by atoms with van der Waals surface area (Å²) in [4.78, 5) is 16.4. The van der Waals surface area contributed by atoms with E-state index in [4.69, 9.17) is 9.62 Å². The molecule has 30 heavy (non-hydrogen) atoms. The Labute approximate surface area is 171 Å². The molecule has 5 rings (SSSR count). The van der Waals surface area contributed by atoms with E-state index in [1.165, 1.54) is 21.7 Å². The number of aromatic nitrogens is 4. The Hall–Kier alpha value is -3.87. The number of benzene rings is 2. The number of hydrogen-bond donors (Lipinski definition) is 2. The van der Waals surface area contributed by atoms with Crippen LogP contribution in [0.15, 0.2) is 64.0 Å². The van der Waals surface area contributed by atoms with Crippen molar-refractivity contribution in [2.24, 2.45) is 0 Å². The molecule has 7 heteroatoms. The molecule has 0 radical (unpaired) electrons. The summed E-state index contributed by atoms with van der Waals surface area (Å²) in [5.41, 5.74) is 3.98. The predicted octanol–water partition coefficient (Wildman–Crippen LogP) is 4.08. The van der Waals surface area contributed by atoms with E-state index in [9.17, 15) is 9.90 Å². The first kappa shape index (κ1) is 18.2. The van der Waals surface area contributed by atoms with Crippen LogP contribution in [0.5, 0.6) is 5.88 Å². The van der Waals surface area contributed by atoms with Crippen molar-refractivity contribution in [1.82, 2.24) is 19.9 Å². The summed E-state index contributed by atoms with van der Waals surface area (Å²) in [6.07, 6.45) is 2.02. The number of H-pyrrole nitrogens is 1. The van der Waals surface area contributed by atoms with E-state index in [2.05, 4.69) is 36.1 Å². The molecule has 150 valence electrons. The molecule has 0 amide bonds. The fourth-order valence-corrected chi connectivity index (χ4v) is 4.10. The minimum absolute atomic E-state index is 0.0558. The van der Waals surface area contributed by atoms with Gasteiger partial charge in [0.1, 0.15) is 6.54 Å². The van der Waals surface area contributed by atoms with Crippen LogP contribution in [0.4, 0.5) is 0 Å². The van der Waals surface area contributed by atoms with Crippen LogP contribution in [0.2, 0.25) is 0 Å². The third-order valence-electron chi connectivity index (χ3n) is 5.57. The average Bonchev–Trinajstić information content (AvgIpc) is 3.36. The molecule has 7 nitrogen and oxygen atoms in total. The molecule has 2 N–H and O–H groups in total. The molecule has 5 aromatic rings. The largest absolute Gasteiger partial charge is 0.491 e. The van der Waals surface area contributed by atoms with Crippen molar-refractivity contribution in [3.63, 3.8) is 0 Å². The first-order chi connectivity index (χ1) is 14.5. The second kappa shape index (κ2) is 6.88. The Morgan fingerprint density at radius 3 is 2.73 bits per heavy atom. The summed E-state index contributed by atoms with van der Waals surface area (Å²) in [5, 5.41) is 20.2. The smallest absolute Gasteiger partial charge is 0.275 e. The molecule has 0 aliphatic carbocycles. The zero-order chi connectivity index (χ0) is 20.8. The molecule has 0 bridgehead atoms. The highest BCUT2D eigenvalue weighted by atomic mass is 16.5. The molecule has 0 aliphatic heterocycles. The molecule has 3 aromatic heterocycles. The second-order valence-electron chi connectivity index (χ2n) is 7.51. The van der Waals surface area contributed by atoms with Gasteiger partial charge in [0, 0.05) is 34.5 Å². The van der Waals surface area contributed by atoms with Gasteiger partial charge in [0.2, 0.25) is 0 Å². The number of rotatable bonds is 4. The fraction of sp³-hybridized carbons (Fsp3) is 0.174. The topological polar surface area (TPSA) is 96.9 Å². The Morgan fingerprint density at radius 1 is 1.17 bits per heavy atom. The lowest BCUT2D eigenvalue weighted by atomic mass is 9.92. The lowest BCUT2D eigenvalue weighted by Crippen LogP contribution is -2.25. The Balaban J connectivity index is 1.71. The summed E-state index contributed by atoms with van der Waals surface area (Å²) in [6, 6.07) is 15.1. The molecule has 0 saturated carbocycles. The molecule has 1 unspecified atom stereocenters. The van der Waals surface area contributed by atoms with Gasteiger partial charge < -0.3 is 14.6 Å². The van der Waals surface area contributed by atoms with E-state index < -0.39 is 0 Å². The molecule has 0 fully saturated rings. The normalized spacial score (nSPS) is 12.6. The number of fused-ring (bicyclic) bond motifs is 2. The number of nitrogens with zero attached hydrogens (tertiary/aromatic N) is 3. The van der Waals surface area contributed by atoms with E-state index >= 15 is 0 Å². The Bertz CT molecular complexity index is 1440. The van der Waals surface area contributed by atoms with Crippen LogP contribution in [0.3, 0.4) is 0 Å². The van der Waals surface area contributed by atoms with Crippen molar-refractivity contribution in [2.45, 2.75) is 26.3 Å². The minimum atomic E-state index is -0.221. The van der Waals surface area contributed by atoms with Gasteiger partial charge in [0.05, 0.1) is 11.1 Å². The van der Waals surface area contributed by atoms with Gasteiger partial charge in [-0.25, -0.2) is 4.68 Å². The van der Waals surface area contributed by atoms with Gasteiger partial charge in [-0.3, -0.25) is 4.79 Å². The van der Waals surface area contributed by atoms with Gasteiger partial charge in [-0.1, -0.05) is 37.3 Å². The summed E-state index contributed by atoms with van der Waals surface area (Å²) in [7, 11) is 0. The molecular formula is C23H20N4O3. The quantitative estimate of drug-likeness (QED) is 0.474. The van der Waals surface area contributed by atoms with Crippen LogP contribution in [0.25, 0.3) is 21.7 Å². The number of nitrogens with one attached hydrogen (secondary N) is 1. The van der Waals surface area contributed by atoms with Gasteiger partial charge in [-0.2, -0.15) is 5.10 Å². The van der Waals surface area contributed by atoms with Gasteiger partial charge >= 0.3 is 0 Å². The minimum Gasteiger partial charge on any atom is -0.491 e. The molecule has 3 heterocycles. The molecular weight excluding hydrogens is 380 g/mol. The molecule has 0 saturated heterocycles. The van der Waals surface area contributed by atoms with E-state index in [1.807, 2.05) is 36.5 Å². The highest BCUT2D eigenvalue weighted by Crippen LogP contribution is 2.33. The molecule has 2 aromatic carbocycles. The molecule has 0 aliphatic rings. The third-order valence-corrected chi connectivity index (χ3v) is 5.57. The first-order valence-corrected chi connectivity index (χ1v) is 9.74. The van der Waals surface area contributed by atoms with Crippen molar-refractivity contribution in [3.05, 3.63) is 87.7 Å². The fourth-order valence-electron chi connectivity index (χ4n) is 4.10. The van der Waals surface area contributed by atoms with Gasteiger partial charge in [-0.15, -0.1) is 0 Å². The van der Waals surface area contributed by atoms with E-state index in [0.29, 0.717) is 11.1 Å². The maximum absolute atomic E-state index is 13.0. The highest BCUT2D eigenvalue weighted by molar-refractivity contribution is 5.89. The monoisotopic (exact) mass is 400 g/mol. The summed E-state index contributed by atoms with van der Waals surface area (Å²) >= 11 is 0. The maximum atomic E-state index is 13.0. The van der Waals surface area contributed by atoms with Gasteiger partial charge in [-0.05, 0) is 35.3 Å². The van der Waals surface area contributed by atoms with Crippen molar-refractivity contribution in [2.75, 3.05) is 0 Å². The SMILES string of the molecule is Cc1cccc2[nH]cc(C(C)c3nn(Cc4cc(O)no4)c(=O)c4ccccc34)c12. The lowest BCUT2D eigenvalue weighted by molar-refractivity contribution is 0.333. The number of aromatic amines is 1. The highest BCUT2D eigenvalue weighted by Gasteiger charge is 2.21. The van der Waals surface area contributed by atoms with Gasteiger partial charge in [0.25, 0.3) is 11.4 Å². The number of aromatic hydroxyl groups is 1. The van der Waals surface area contributed by atoms with Crippen LogP contribution in [-0.2, 0) is 6.54 Å². The first-order valence-electron chi connectivity index (χ1n) is 9.74. The van der Waals surface area contributed by atoms with Crippen LogP contribution in [0, 0.1) is 6.92 Å². The summed E-state index contributed by atoms with van der Waals surface area (Å²) in [6.45, 7) is 4.28. The molecule has 0 spiro atoms. The van der Waals surface area contributed by atoms with Crippen molar-refractivity contribution in [3.8, 4) is 5.88 Å². The average molecular weight is 400 g/mol. The van der Waals surface area contributed by atoms with E-state index in [1.54, 1.807) is 0 Å². The zero-order valence-corrected chi connectivity index (χ0v) is 16.6. The standard InChI is InChI=1S/C23H20N4O3/c1-13-6-5-9-19-21(13)18(11-24-19)14(2)22-16-7-3-4-8-17(16)23(29)27(25-22)12-15-10-20(28)26-30-15/h3-11,14,24H,12H2,1-2H3,(H,26,28). The summed E-state index contributed by atoms with van der Waals surface area (Å²) < 4.78 is 6.45. The maximum Gasteiger partial charge on any atom is 0.275 e. The third kappa shape index (κ3) is 2.86. The van der Waals surface area contributed by atoms with Crippen LogP contribution < -0.4 is 5.56 Å². The number of hydrogen-bond acceptors (Lipinski definition) is 5.